The lowest BCUT2D eigenvalue weighted by Crippen LogP contribution is -2.31. The van der Waals surface area contributed by atoms with Crippen LogP contribution in [-0.2, 0) is 24.3 Å². The molecule has 2 aromatic carbocycles. The maximum absolute atomic E-state index is 12.4. The lowest BCUT2D eigenvalue weighted by atomic mass is 10.1. The first-order valence-corrected chi connectivity index (χ1v) is 12.6. The van der Waals surface area contributed by atoms with Gasteiger partial charge in [-0.2, -0.15) is 0 Å². The van der Waals surface area contributed by atoms with E-state index < -0.39 is 28.0 Å². The molecule has 0 aromatic heterocycles. The van der Waals surface area contributed by atoms with Crippen LogP contribution in [0.5, 0.6) is 11.5 Å². The van der Waals surface area contributed by atoms with Crippen LogP contribution < -0.4 is 19.5 Å². The van der Waals surface area contributed by atoms with Crippen LogP contribution in [0, 0.1) is 0 Å². The zero-order valence-electron chi connectivity index (χ0n) is 19.7. The van der Waals surface area contributed by atoms with Crippen molar-refractivity contribution >= 4 is 33.4 Å². The lowest BCUT2D eigenvalue weighted by molar-refractivity contribution is -0.153. The average Bonchev–Trinajstić information content (AvgIpc) is 2.81. The van der Waals surface area contributed by atoms with E-state index in [0.717, 1.165) is 0 Å². The Morgan fingerprint density at radius 2 is 1.60 bits per heavy atom. The number of amides is 1. The smallest absolute Gasteiger partial charge is 0.307 e. The van der Waals surface area contributed by atoms with Gasteiger partial charge in [0.15, 0.2) is 23.4 Å². The van der Waals surface area contributed by atoms with Crippen molar-refractivity contribution < 1.29 is 37.0 Å². The highest BCUT2D eigenvalue weighted by molar-refractivity contribution is 7.89. The summed E-state index contributed by atoms with van der Waals surface area (Å²) in [5, 5.41) is 2.56. The number of ketones is 1. The highest BCUT2D eigenvalue weighted by Gasteiger charge is 2.21. The molecule has 1 heterocycles. The van der Waals surface area contributed by atoms with Gasteiger partial charge in [0.25, 0.3) is 5.91 Å². The van der Waals surface area contributed by atoms with Crippen LogP contribution in [0.25, 0.3) is 0 Å². The van der Waals surface area contributed by atoms with Crippen molar-refractivity contribution in [2.24, 2.45) is 0 Å². The Morgan fingerprint density at radius 1 is 0.943 bits per heavy atom. The number of rotatable bonds is 10. The fourth-order valence-electron chi connectivity index (χ4n) is 3.23. The first-order chi connectivity index (χ1) is 16.5. The second-order valence-corrected chi connectivity index (χ2v) is 9.92. The first-order valence-electron chi connectivity index (χ1n) is 11.1. The molecule has 1 atom stereocenters. The van der Waals surface area contributed by atoms with Gasteiger partial charge in [0, 0.05) is 23.7 Å². The van der Waals surface area contributed by atoms with E-state index in [4.69, 9.17) is 14.2 Å². The Morgan fingerprint density at radius 3 is 2.26 bits per heavy atom. The molecule has 0 saturated heterocycles. The van der Waals surface area contributed by atoms with Gasteiger partial charge in [-0.25, -0.2) is 13.1 Å². The predicted octanol–water partition coefficient (Wildman–Crippen LogP) is 2.68. The number of nitrogens with one attached hydrogen (secondary N) is 2. The molecule has 11 heteroatoms. The average molecular weight is 505 g/mol. The summed E-state index contributed by atoms with van der Waals surface area (Å²) >= 11 is 0. The molecule has 0 aliphatic carbocycles. The molecule has 35 heavy (non-hydrogen) atoms. The molecule has 3 rings (SSSR count). The van der Waals surface area contributed by atoms with Gasteiger partial charge in [-0.15, -0.1) is 0 Å². The van der Waals surface area contributed by atoms with Crippen LogP contribution in [0.3, 0.4) is 0 Å². The molecule has 1 aliphatic rings. The number of fused-ring (bicyclic) bond motifs is 1. The van der Waals surface area contributed by atoms with E-state index >= 15 is 0 Å². The maximum Gasteiger partial charge on any atom is 0.307 e. The molecular formula is C24H28N2O8S. The summed E-state index contributed by atoms with van der Waals surface area (Å²) in [6, 6.07) is 10.2. The summed E-state index contributed by atoms with van der Waals surface area (Å²) in [5.74, 6) is -0.502. The minimum atomic E-state index is -3.65. The summed E-state index contributed by atoms with van der Waals surface area (Å²) in [4.78, 5) is 37.0. The van der Waals surface area contributed by atoms with E-state index in [9.17, 15) is 22.8 Å². The molecule has 1 aliphatic heterocycles. The van der Waals surface area contributed by atoms with Crippen LogP contribution in [0.1, 0.15) is 44.0 Å². The summed E-state index contributed by atoms with van der Waals surface area (Å²) in [6.07, 6.45) is -1.40. The molecule has 0 saturated carbocycles. The number of ether oxygens (including phenoxy) is 3. The van der Waals surface area contributed by atoms with Gasteiger partial charge in [-0.3, -0.25) is 14.4 Å². The molecule has 2 N–H and O–H groups in total. The summed E-state index contributed by atoms with van der Waals surface area (Å²) in [6.45, 7) is 5.67. The third-order valence-corrected chi connectivity index (χ3v) is 6.60. The van der Waals surface area contributed by atoms with Crippen LogP contribution in [0.4, 0.5) is 5.69 Å². The SMILES string of the molecule is CC(C)NS(=O)(=O)c1ccc(NC(=O)C(C)OC(=O)CCC(=O)c2ccc3c(c2)OCCO3)cc1. The first kappa shape index (κ1) is 26.2. The molecule has 2 aromatic rings. The van der Waals surface area contributed by atoms with Gasteiger partial charge in [-0.05, 0) is 63.2 Å². The van der Waals surface area contributed by atoms with Crippen LogP contribution in [0.2, 0.25) is 0 Å². The Bertz CT molecular complexity index is 1190. The highest BCUT2D eigenvalue weighted by Crippen LogP contribution is 2.31. The van der Waals surface area contributed by atoms with E-state index in [1.165, 1.54) is 31.2 Å². The number of hydrogen-bond acceptors (Lipinski definition) is 8. The Labute approximate surface area is 204 Å². The molecule has 1 amide bonds. The number of benzene rings is 2. The number of esters is 1. The quantitative estimate of drug-likeness (QED) is 0.372. The third kappa shape index (κ3) is 7.27. The van der Waals surface area contributed by atoms with Gasteiger partial charge in [0.2, 0.25) is 10.0 Å². The zero-order chi connectivity index (χ0) is 25.6. The highest BCUT2D eigenvalue weighted by atomic mass is 32.2. The molecule has 188 valence electrons. The minimum Gasteiger partial charge on any atom is -0.486 e. The van der Waals surface area contributed by atoms with Crippen molar-refractivity contribution in [3.8, 4) is 11.5 Å². The number of anilines is 1. The van der Waals surface area contributed by atoms with Crippen molar-refractivity contribution in [2.75, 3.05) is 18.5 Å². The minimum absolute atomic E-state index is 0.0614. The summed E-state index contributed by atoms with van der Waals surface area (Å²) in [5.41, 5.74) is 0.733. The van der Waals surface area contributed by atoms with Gasteiger partial charge >= 0.3 is 5.97 Å². The molecule has 10 nitrogen and oxygen atoms in total. The Balaban J connectivity index is 1.47. The molecule has 0 fully saturated rings. The predicted molar refractivity (Wildman–Crippen MR) is 127 cm³/mol. The number of carbonyl (C=O) groups is 3. The maximum atomic E-state index is 12.4. The molecule has 0 bridgehead atoms. The zero-order valence-corrected chi connectivity index (χ0v) is 20.5. The standard InChI is InChI=1S/C24H28N2O8S/c1-15(2)26-35(30,31)19-7-5-18(6-8-19)25-24(29)16(3)34-23(28)11-9-20(27)17-4-10-21-22(14-17)33-13-12-32-21/h4-8,10,14-16,26H,9,11-13H2,1-3H3,(H,25,29). The van der Waals surface area contributed by atoms with Crippen molar-refractivity contribution in [2.45, 2.75) is 50.7 Å². The number of hydrogen-bond donors (Lipinski definition) is 2. The Kier molecular flexibility index (Phi) is 8.47. The van der Waals surface area contributed by atoms with Crippen LogP contribution in [0.15, 0.2) is 47.4 Å². The normalized spacial score (nSPS) is 13.7. The van der Waals surface area contributed by atoms with E-state index in [1.807, 2.05) is 0 Å². The summed E-state index contributed by atoms with van der Waals surface area (Å²) in [7, 11) is -3.65. The molecule has 1 unspecified atom stereocenters. The van der Waals surface area contributed by atoms with E-state index in [1.54, 1.807) is 32.0 Å². The fourth-order valence-corrected chi connectivity index (χ4v) is 4.48. The van der Waals surface area contributed by atoms with Crippen molar-refractivity contribution in [3.05, 3.63) is 48.0 Å². The number of carbonyl (C=O) groups excluding carboxylic acids is 3. The van der Waals surface area contributed by atoms with E-state index in [0.29, 0.717) is 36.0 Å². The van der Waals surface area contributed by atoms with Gasteiger partial charge in [-0.1, -0.05) is 0 Å². The number of sulfonamides is 1. The van der Waals surface area contributed by atoms with Gasteiger partial charge in [0.1, 0.15) is 13.2 Å². The van der Waals surface area contributed by atoms with E-state index in [-0.39, 0.29) is 29.6 Å². The second-order valence-electron chi connectivity index (χ2n) is 8.20. The fraction of sp³-hybridized carbons (Fsp3) is 0.375. The lowest BCUT2D eigenvalue weighted by Gasteiger charge is -2.18. The van der Waals surface area contributed by atoms with Crippen molar-refractivity contribution in [3.63, 3.8) is 0 Å². The molecule has 0 radical (unpaired) electrons. The van der Waals surface area contributed by atoms with Crippen LogP contribution >= 0.6 is 0 Å². The topological polar surface area (TPSA) is 137 Å². The Hall–Kier alpha value is -3.44. The summed E-state index contributed by atoms with van der Waals surface area (Å²) < 4.78 is 42.8. The van der Waals surface area contributed by atoms with Crippen LogP contribution in [-0.4, -0.2) is 51.4 Å². The number of Topliss-reactive ketones (excluding diaryl/α,β-unsaturated/α-hetero) is 1. The second kappa shape index (κ2) is 11.3. The molecule has 0 spiro atoms. The monoisotopic (exact) mass is 504 g/mol. The molecular weight excluding hydrogens is 476 g/mol. The van der Waals surface area contributed by atoms with Crippen molar-refractivity contribution in [1.29, 1.82) is 0 Å². The van der Waals surface area contributed by atoms with E-state index in [2.05, 4.69) is 10.0 Å². The van der Waals surface area contributed by atoms with Gasteiger partial charge < -0.3 is 19.5 Å². The third-order valence-electron chi connectivity index (χ3n) is 4.92. The largest absolute Gasteiger partial charge is 0.486 e. The van der Waals surface area contributed by atoms with Gasteiger partial charge in [0.05, 0.1) is 11.3 Å². The van der Waals surface area contributed by atoms with Crippen molar-refractivity contribution in [1.82, 2.24) is 4.72 Å².